The van der Waals surface area contributed by atoms with Gasteiger partial charge in [0.25, 0.3) is 0 Å². The summed E-state index contributed by atoms with van der Waals surface area (Å²) >= 11 is 17.4. The third-order valence-electron chi connectivity index (χ3n) is 1.84. The Hall–Kier alpha value is -0.830. The van der Waals surface area contributed by atoms with Gasteiger partial charge in [-0.2, -0.15) is 0 Å². The second kappa shape index (κ2) is 4.35. The summed E-state index contributed by atoms with van der Waals surface area (Å²) in [4.78, 5) is 0. The van der Waals surface area contributed by atoms with Crippen LogP contribution in [0.25, 0.3) is 11.3 Å². The smallest absolute Gasteiger partial charge is 0.149 e. The Morgan fingerprint density at radius 2 is 1.67 bits per heavy atom. The molecule has 76 valence electrons. The molecule has 0 amide bonds. The fraction of sp³-hybridized carbons (Fsp3) is 0. The summed E-state index contributed by atoms with van der Waals surface area (Å²) in [6.45, 7) is 0. The first-order chi connectivity index (χ1) is 7.16. The highest BCUT2D eigenvalue weighted by atomic mass is 35.5. The lowest BCUT2D eigenvalue weighted by Crippen LogP contribution is -1.87. The molecule has 0 N–H and O–H groups in total. The van der Waals surface area contributed by atoms with Gasteiger partial charge in [-0.25, -0.2) is 0 Å². The molecular weight excluding hydrogens is 254 g/mol. The third kappa shape index (κ3) is 2.40. The second-order valence-electron chi connectivity index (χ2n) is 2.87. The number of benzene rings is 1. The second-order valence-corrected chi connectivity index (χ2v) is 4.10. The zero-order chi connectivity index (χ0) is 10.8. The molecule has 0 unspecified atom stereocenters. The number of aromatic nitrogens is 2. The minimum atomic E-state index is 0.351. The van der Waals surface area contributed by atoms with E-state index in [9.17, 15) is 0 Å². The Morgan fingerprint density at radius 3 is 2.27 bits per heavy atom. The predicted molar refractivity (Wildman–Crippen MR) is 62.5 cm³/mol. The van der Waals surface area contributed by atoms with Crippen molar-refractivity contribution < 1.29 is 0 Å². The van der Waals surface area contributed by atoms with Gasteiger partial charge >= 0.3 is 0 Å². The number of hydrogen-bond donors (Lipinski definition) is 0. The van der Waals surface area contributed by atoms with Gasteiger partial charge in [0.1, 0.15) is 0 Å². The van der Waals surface area contributed by atoms with Gasteiger partial charge in [0, 0.05) is 10.6 Å². The fourth-order valence-corrected chi connectivity index (χ4v) is 1.76. The van der Waals surface area contributed by atoms with Crippen molar-refractivity contribution in [2.75, 3.05) is 0 Å². The largest absolute Gasteiger partial charge is 0.151 e. The Labute approximate surface area is 102 Å². The van der Waals surface area contributed by atoms with E-state index in [4.69, 9.17) is 34.8 Å². The van der Waals surface area contributed by atoms with Crippen molar-refractivity contribution in [2.24, 2.45) is 0 Å². The molecule has 1 heterocycles. The molecule has 5 heteroatoms. The highest BCUT2D eigenvalue weighted by Crippen LogP contribution is 2.28. The van der Waals surface area contributed by atoms with E-state index in [0.717, 1.165) is 5.56 Å². The van der Waals surface area contributed by atoms with Crippen LogP contribution in [0.4, 0.5) is 0 Å². The third-order valence-corrected chi connectivity index (χ3v) is 2.59. The first kappa shape index (κ1) is 10.7. The molecule has 0 aliphatic heterocycles. The molecule has 0 aliphatic carbocycles. The topological polar surface area (TPSA) is 25.8 Å². The Kier molecular flexibility index (Phi) is 3.10. The van der Waals surface area contributed by atoms with Gasteiger partial charge in [0.15, 0.2) is 5.15 Å². The standard InChI is InChI=1S/C10H5Cl3N2/c11-6-1-2-7(8(12)5-6)9-3-4-10(13)15-14-9/h1-5H. The predicted octanol–water partition coefficient (Wildman–Crippen LogP) is 4.10. The maximum atomic E-state index is 6.02. The lowest BCUT2D eigenvalue weighted by atomic mass is 10.1. The number of rotatable bonds is 1. The Morgan fingerprint density at radius 1 is 0.867 bits per heavy atom. The van der Waals surface area contributed by atoms with Crippen LogP contribution in [0.2, 0.25) is 15.2 Å². The van der Waals surface area contributed by atoms with Gasteiger partial charge < -0.3 is 0 Å². The highest BCUT2D eigenvalue weighted by Gasteiger charge is 2.05. The first-order valence-corrected chi connectivity index (χ1v) is 5.25. The van der Waals surface area contributed by atoms with Crippen LogP contribution in [-0.2, 0) is 0 Å². The quantitative estimate of drug-likeness (QED) is 0.770. The number of hydrogen-bond acceptors (Lipinski definition) is 2. The lowest BCUT2D eigenvalue weighted by molar-refractivity contribution is 1.04. The van der Waals surface area contributed by atoms with Crippen molar-refractivity contribution in [1.82, 2.24) is 10.2 Å². The summed E-state index contributed by atoms with van der Waals surface area (Å²) in [5, 5.41) is 9.15. The van der Waals surface area contributed by atoms with Crippen LogP contribution in [0.1, 0.15) is 0 Å². The first-order valence-electron chi connectivity index (χ1n) is 4.11. The molecule has 2 nitrogen and oxygen atoms in total. The van der Waals surface area contributed by atoms with E-state index >= 15 is 0 Å². The molecule has 0 radical (unpaired) electrons. The van der Waals surface area contributed by atoms with Gasteiger partial charge in [-0.1, -0.05) is 34.8 Å². The summed E-state index contributed by atoms with van der Waals surface area (Å²) in [6, 6.07) is 8.62. The van der Waals surface area contributed by atoms with Gasteiger partial charge in [-0.05, 0) is 30.3 Å². The summed E-state index contributed by atoms with van der Waals surface area (Å²) < 4.78 is 0. The van der Waals surface area contributed by atoms with Crippen LogP contribution in [0.15, 0.2) is 30.3 Å². The van der Waals surface area contributed by atoms with Crippen molar-refractivity contribution in [2.45, 2.75) is 0 Å². The maximum absolute atomic E-state index is 6.02. The number of halogens is 3. The minimum Gasteiger partial charge on any atom is -0.149 e. The Bertz CT molecular complexity index is 483. The molecule has 1 aromatic heterocycles. The summed E-state index contributed by atoms with van der Waals surface area (Å²) in [7, 11) is 0. The van der Waals surface area contributed by atoms with Gasteiger partial charge in [0.2, 0.25) is 0 Å². The van der Waals surface area contributed by atoms with Gasteiger partial charge in [0.05, 0.1) is 10.7 Å². The van der Waals surface area contributed by atoms with Gasteiger partial charge in [-0.15, -0.1) is 10.2 Å². The molecule has 0 saturated heterocycles. The lowest BCUT2D eigenvalue weighted by Gasteiger charge is -2.02. The van der Waals surface area contributed by atoms with E-state index in [0.29, 0.717) is 20.9 Å². The zero-order valence-corrected chi connectivity index (χ0v) is 9.68. The molecule has 0 fully saturated rings. The molecule has 0 saturated carbocycles. The average Bonchev–Trinajstić information content (AvgIpc) is 2.20. The van der Waals surface area contributed by atoms with Crippen LogP contribution < -0.4 is 0 Å². The molecule has 15 heavy (non-hydrogen) atoms. The van der Waals surface area contributed by atoms with Crippen molar-refractivity contribution in [3.8, 4) is 11.3 Å². The van der Waals surface area contributed by atoms with E-state index in [2.05, 4.69) is 10.2 Å². The van der Waals surface area contributed by atoms with Crippen LogP contribution in [0, 0.1) is 0 Å². The summed E-state index contributed by atoms with van der Waals surface area (Å²) in [5.74, 6) is 0. The Balaban J connectivity index is 2.49. The van der Waals surface area contributed by atoms with Crippen LogP contribution in [-0.4, -0.2) is 10.2 Å². The molecule has 0 atom stereocenters. The molecule has 2 rings (SSSR count). The monoisotopic (exact) mass is 258 g/mol. The van der Waals surface area contributed by atoms with Crippen molar-refractivity contribution in [3.05, 3.63) is 45.5 Å². The molecule has 0 bridgehead atoms. The highest BCUT2D eigenvalue weighted by molar-refractivity contribution is 6.36. The van der Waals surface area contributed by atoms with E-state index in [1.807, 2.05) is 0 Å². The zero-order valence-electron chi connectivity index (χ0n) is 7.42. The molecule has 0 aliphatic rings. The SMILES string of the molecule is Clc1ccc(-c2ccc(Cl)nn2)c(Cl)c1. The summed E-state index contributed by atoms with van der Waals surface area (Å²) in [5.41, 5.74) is 1.45. The average molecular weight is 260 g/mol. The van der Waals surface area contributed by atoms with E-state index in [-0.39, 0.29) is 0 Å². The van der Waals surface area contributed by atoms with Crippen LogP contribution in [0.3, 0.4) is 0 Å². The van der Waals surface area contributed by atoms with E-state index < -0.39 is 0 Å². The van der Waals surface area contributed by atoms with Crippen molar-refractivity contribution >= 4 is 34.8 Å². The van der Waals surface area contributed by atoms with Gasteiger partial charge in [-0.3, -0.25) is 0 Å². The molecule has 2 aromatic rings. The number of nitrogens with zero attached hydrogens (tertiary/aromatic N) is 2. The van der Waals surface area contributed by atoms with Crippen molar-refractivity contribution in [3.63, 3.8) is 0 Å². The van der Waals surface area contributed by atoms with Crippen LogP contribution in [0.5, 0.6) is 0 Å². The van der Waals surface area contributed by atoms with Crippen molar-refractivity contribution in [1.29, 1.82) is 0 Å². The molecule has 1 aromatic carbocycles. The fourth-order valence-electron chi connectivity index (χ4n) is 1.16. The van der Waals surface area contributed by atoms with E-state index in [1.165, 1.54) is 0 Å². The van der Waals surface area contributed by atoms with E-state index in [1.54, 1.807) is 30.3 Å². The summed E-state index contributed by atoms with van der Waals surface area (Å²) in [6.07, 6.45) is 0. The molecular formula is C10H5Cl3N2. The minimum absolute atomic E-state index is 0.351. The normalized spacial score (nSPS) is 10.3. The maximum Gasteiger partial charge on any atom is 0.151 e. The molecule has 0 spiro atoms. The van der Waals surface area contributed by atoms with Crippen LogP contribution >= 0.6 is 34.8 Å².